The van der Waals surface area contributed by atoms with Gasteiger partial charge in [0.1, 0.15) is 11.6 Å². The molecule has 3 aromatic rings. The number of carbonyl (C=O) groups excluding carboxylic acids is 1. The fourth-order valence-electron chi connectivity index (χ4n) is 3.08. The van der Waals surface area contributed by atoms with Crippen molar-refractivity contribution in [3.05, 3.63) is 92.5 Å². The van der Waals surface area contributed by atoms with Crippen molar-refractivity contribution in [2.45, 2.75) is 13.1 Å². The van der Waals surface area contributed by atoms with Gasteiger partial charge in [-0.15, -0.1) is 0 Å². The van der Waals surface area contributed by atoms with Crippen LogP contribution in [0.4, 0.5) is 24.5 Å². The number of amides is 1. The molecule has 0 heterocycles. The molecule has 0 aliphatic rings. The van der Waals surface area contributed by atoms with Crippen LogP contribution in [0.25, 0.3) is 6.08 Å². The predicted molar refractivity (Wildman–Crippen MR) is 129 cm³/mol. The molecule has 0 aliphatic carbocycles. The van der Waals surface area contributed by atoms with Crippen LogP contribution >= 0.6 is 11.6 Å². The fourth-order valence-corrected chi connectivity index (χ4v) is 3.26. The van der Waals surface area contributed by atoms with Crippen LogP contribution in [0.15, 0.2) is 66.2 Å². The number of rotatable bonds is 8. The topological polar surface area (TPSA) is 114 Å². The van der Waals surface area contributed by atoms with Crippen LogP contribution in [0.1, 0.15) is 18.1 Å². The maximum atomic E-state index is 13.0. The van der Waals surface area contributed by atoms with Crippen molar-refractivity contribution in [1.82, 2.24) is 0 Å². The summed E-state index contributed by atoms with van der Waals surface area (Å²) >= 11 is 6.03. The van der Waals surface area contributed by atoms with Crippen LogP contribution in [-0.4, -0.2) is 17.4 Å². The maximum absolute atomic E-state index is 13.0. The first-order valence-electron chi connectivity index (χ1n) is 10.5. The van der Waals surface area contributed by atoms with Gasteiger partial charge in [-0.3, -0.25) is 14.9 Å². The Morgan fingerprint density at radius 1 is 1.14 bits per heavy atom. The van der Waals surface area contributed by atoms with E-state index in [0.717, 1.165) is 6.07 Å². The summed E-state index contributed by atoms with van der Waals surface area (Å²) in [6.45, 7) is 1.81. The summed E-state index contributed by atoms with van der Waals surface area (Å²) in [5.41, 5.74) is -1.68. The Kier molecular flexibility index (Phi) is 8.37. The monoisotopic (exact) mass is 531 g/mol. The third kappa shape index (κ3) is 6.77. The van der Waals surface area contributed by atoms with Gasteiger partial charge in [0.05, 0.1) is 27.8 Å². The molecule has 0 bridgehead atoms. The van der Waals surface area contributed by atoms with Crippen LogP contribution in [-0.2, 0) is 11.0 Å². The zero-order chi connectivity index (χ0) is 27.2. The quantitative estimate of drug-likeness (QED) is 0.145. The molecule has 0 saturated carbocycles. The molecule has 0 atom stereocenters. The van der Waals surface area contributed by atoms with Gasteiger partial charge in [0.2, 0.25) is 5.75 Å². The van der Waals surface area contributed by atoms with Crippen LogP contribution in [0, 0.1) is 21.4 Å². The number of nitrogens with zero attached hydrogens (tertiary/aromatic N) is 2. The van der Waals surface area contributed by atoms with Gasteiger partial charge in [-0.25, -0.2) is 0 Å². The zero-order valence-corrected chi connectivity index (χ0v) is 19.8. The van der Waals surface area contributed by atoms with Crippen LogP contribution < -0.4 is 14.8 Å². The van der Waals surface area contributed by atoms with E-state index in [-0.39, 0.29) is 28.7 Å². The minimum atomic E-state index is -4.77. The van der Waals surface area contributed by atoms with E-state index in [1.54, 1.807) is 37.3 Å². The van der Waals surface area contributed by atoms with Crippen molar-refractivity contribution >= 4 is 35.0 Å². The number of benzene rings is 3. The second-order valence-corrected chi connectivity index (χ2v) is 7.69. The van der Waals surface area contributed by atoms with E-state index in [4.69, 9.17) is 21.1 Å². The SMILES string of the molecule is CCOc1cc(/C=C(\C#N)C(=O)Nc2ccccc2Cl)ccc1Oc1ccc(C(F)(F)F)cc1[N+](=O)[O-]. The van der Waals surface area contributed by atoms with Crippen LogP contribution in [0.3, 0.4) is 0 Å². The Hall–Kier alpha value is -4.56. The lowest BCUT2D eigenvalue weighted by molar-refractivity contribution is -0.385. The molecule has 190 valence electrons. The molecule has 0 fully saturated rings. The van der Waals surface area contributed by atoms with E-state index in [2.05, 4.69) is 5.32 Å². The Bertz CT molecular complexity index is 1420. The Balaban J connectivity index is 1.93. The molecule has 12 heteroatoms. The van der Waals surface area contributed by atoms with Gasteiger partial charge in [0.15, 0.2) is 11.5 Å². The molecule has 1 amide bonds. The van der Waals surface area contributed by atoms with E-state index in [0.29, 0.717) is 23.4 Å². The lowest BCUT2D eigenvalue weighted by Crippen LogP contribution is -2.13. The van der Waals surface area contributed by atoms with E-state index in [1.807, 2.05) is 0 Å². The average Bonchev–Trinajstić information content (AvgIpc) is 2.84. The number of para-hydroxylation sites is 1. The van der Waals surface area contributed by atoms with E-state index in [1.165, 1.54) is 24.3 Å². The molecule has 3 aromatic carbocycles. The number of anilines is 1. The van der Waals surface area contributed by atoms with E-state index >= 15 is 0 Å². The van der Waals surface area contributed by atoms with Gasteiger partial charge in [-0.05, 0) is 55.0 Å². The summed E-state index contributed by atoms with van der Waals surface area (Å²) in [5.74, 6) is -1.09. The highest BCUT2D eigenvalue weighted by Crippen LogP contribution is 2.40. The third-order valence-electron chi connectivity index (χ3n) is 4.77. The molecular weight excluding hydrogens is 515 g/mol. The number of alkyl halides is 3. The molecule has 0 unspecified atom stereocenters. The molecule has 0 aliphatic heterocycles. The highest BCUT2D eigenvalue weighted by Gasteiger charge is 2.33. The minimum Gasteiger partial charge on any atom is -0.490 e. The number of hydrogen-bond acceptors (Lipinski definition) is 6. The number of nitriles is 1. The lowest BCUT2D eigenvalue weighted by Gasteiger charge is -2.14. The van der Waals surface area contributed by atoms with Crippen LogP contribution in [0.2, 0.25) is 5.02 Å². The maximum Gasteiger partial charge on any atom is 0.416 e. The molecule has 0 aromatic heterocycles. The second-order valence-electron chi connectivity index (χ2n) is 7.28. The summed E-state index contributed by atoms with van der Waals surface area (Å²) in [6, 6.07) is 14.4. The predicted octanol–water partition coefficient (Wildman–Crippen LogP) is 7.00. The van der Waals surface area contributed by atoms with Crippen LogP contribution in [0.5, 0.6) is 17.2 Å². The number of halogens is 4. The standard InChI is InChI=1S/C25H17ClF3N3O5/c1-2-36-23-12-15(11-16(14-30)24(33)31-19-6-4-3-5-18(19)26)7-9-22(23)37-21-10-8-17(25(27,28)29)13-20(21)32(34)35/h3-13H,2H2,1H3,(H,31,33)/b16-11+. The molecule has 0 spiro atoms. The summed E-state index contributed by atoms with van der Waals surface area (Å²) in [6.07, 6.45) is -3.50. The summed E-state index contributed by atoms with van der Waals surface area (Å²) < 4.78 is 50.0. The highest BCUT2D eigenvalue weighted by molar-refractivity contribution is 6.34. The van der Waals surface area contributed by atoms with Gasteiger partial charge >= 0.3 is 11.9 Å². The summed E-state index contributed by atoms with van der Waals surface area (Å²) in [7, 11) is 0. The largest absolute Gasteiger partial charge is 0.490 e. The van der Waals surface area contributed by atoms with Crippen molar-refractivity contribution in [2.75, 3.05) is 11.9 Å². The Morgan fingerprint density at radius 2 is 1.84 bits per heavy atom. The van der Waals surface area contributed by atoms with Gasteiger partial charge in [-0.1, -0.05) is 29.8 Å². The number of nitro benzene ring substituents is 1. The Morgan fingerprint density at radius 3 is 2.46 bits per heavy atom. The smallest absolute Gasteiger partial charge is 0.416 e. The van der Waals surface area contributed by atoms with Crippen molar-refractivity contribution in [3.8, 4) is 23.3 Å². The van der Waals surface area contributed by atoms with Crippen molar-refractivity contribution in [1.29, 1.82) is 5.26 Å². The normalized spacial score (nSPS) is 11.4. The number of hydrogen-bond donors (Lipinski definition) is 1. The van der Waals surface area contributed by atoms with E-state index < -0.39 is 34.0 Å². The van der Waals surface area contributed by atoms with Gasteiger partial charge in [-0.2, -0.15) is 18.4 Å². The van der Waals surface area contributed by atoms with Gasteiger partial charge in [0, 0.05) is 6.07 Å². The van der Waals surface area contributed by atoms with Crippen molar-refractivity contribution in [3.63, 3.8) is 0 Å². The molecule has 0 radical (unpaired) electrons. The van der Waals surface area contributed by atoms with Gasteiger partial charge in [0.25, 0.3) is 5.91 Å². The molecule has 3 rings (SSSR count). The highest BCUT2D eigenvalue weighted by atomic mass is 35.5. The zero-order valence-electron chi connectivity index (χ0n) is 19.0. The number of ether oxygens (including phenoxy) is 2. The van der Waals surface area contributed by atoms with Gasteiger partial charge < -0.3 is 14.8 Å². The van der Waals surface area contributed by atoms with Crippen molar-refractivity contribution in [2.24, 2.45) is 0 Å². The number of nitrogens with one attached hydrogen (secondary N) is 1. The second kappa shape index (κ2) is 11.5. The molecule has 0 saturated heterocycles. The molecule has 1 N–H and O–H groups in total. The first-order valence-corrected chi connectivity index (χ1v) is 10.9. The number of nitro groups is 1. The first-order chi connectivity index (χ1) is 17.5. The first kappa shape index (κ1) is 27.0. The van der Waals surface area contributed by atoms with E-state index in [9.17, 15) is 33.3 Å². The third-order valence-corrected chi connectivity index (χ3v) is 5.10. The molecular formula is C25H17ClF3N3O5. The number of carbonyl (C=O) groups is 1. The molecule has 8 nitrogen and oxygen atoms in total. The Labute approximate surface area is 213 Å². The fraction of sp³-hybridized carbons (Fsp3) is 0.120. The summed E-state index contributed by atoms with van der Waals surface area (Å²) in [4.78, 5) is 22.9. The van der Waals surface area contributed by atoms with Crippen molar-refractivity contribution < 1.29 is 32.4 Å². The molecule has 37 heavy (non-hydrogen) atoms. The average molecular weight is 532 g/mol. The summed E-state index contributed by atoms with van der Waals surface area (Å²) in [5, 5.41) is 23.7. The minimum absolute atomic E-state index is 0.0270. The lowest BCUT2D eigenvalue weighted by atomic mass is 10.1.